The van der Waals surface area contributed by atoms with Crippen molar-refractivity contribution < 1.29 is 24.1 Å². The fourth-order valence-corrected chi connectivity index (χ4v) is 1.62. The van der Waals surface area contributed by atoms with E-state index >= 15 is 0 Å². The van der Waals surface area contributed by atoms with Gasteiger partial charge in [0.1, 0.15) is 0 Å². The second-order valence-corrected chi connectivity index (χ2v) is 3.66. The molecule has 0 aromatic heterocycles. The van der Waals surface area contributed by atoms with Gasteiger partial charge in [0.05, 0.1) is 7.11 Å². The van der Waals surface area contributed by atoms with E-state index in [-0.39, 0.29) is 0 Å². The molecule has 0 aliphatic heterocycles. The Bertz CT molecular complexity index is 170. The number of esters is 1. The molecule has 0 unspecified atom stereocenters. The maximum atomic E-state index is 10.9. The summed E-state index contributed by atoms with van der Waals surface area (Å²) in [5.74, 6) is -0.274. The minimum atomic E-state index is -1.18. The first-order valence-electron chi connectivity index (χ1n) is 4.76. The van der Waals surface area contributed by atoms with Gasteiger partial charge in [-0.25, -0.2) is 4.79 Å². The highest BCUT2D eigenvalue weighted by Crippen LogP contribution is 2.13. The molecule has 0 aromatic rings. The number of methoxy groups -OCH3 is 1. The van der Waals surface area contributed by atoms with Crippen LogP contribution in [0.3, 0.4) is 0 Å². The van der Waals surface area contributed by atoms with Crippen LogP contribution in [0.1, 0.15) is 13.8 Å². The first kappa shape index (κ1) is 14.7. The van der Waals surface area contributed by atoms with Crippen molar-refractivity contribution in [1.29, 1.82) is 0 Å². The number of hydrogen-bond donors (Lipinski definition) is 1. The molecule has 15 heavy (non-hydrogen) atoms. The molecule has 0 spiro atoms. The standard InChI is InChI=1S/C9H18O5S/c1-4-13-7(14-5-2)6-15-9(11)8(10)12-3/h7,9,11H,4-6H2,1-3H3/t9-/m0/s1. The van der Waals surface area contributed by atoms with Gasteiger partial charge in [0.2, 0.25) is 0 Å². The third-order valence-electron chi connectivity index (χ3n) is 1.50. The molecule has 1 N–H and O–H groups in total. The molecular weight excluding hydrogens is 220 g/mol. The van der Waals surface area contributed by atoms with Crippen LogP contribution in [0.15, 0.2) is 0 Å². The van der Waals surface area contributed by atoms with Crippen LogP contribution >= 0.6 is 11.8 Å². The number of aliphatic hydroxyl groups excluding tert-OH is 1. The predicted octanol–water partition coefficient (Wildman–Crippen LogP) is 0.610. The molecule has 0 radical (unpaired) electrons. The third-order valence-corrected chi connectivity index (χ3v) is 2.47. The first-order chi connectivity index (χ1) is 7.15. The summed E-state index contributed by atoms with van der Waals surface area (Å²) in [5, 5.41) is 9.28. The molecule has 0 fully saturated rings. The topological polar surface area (TPSA) is 65.0 Å². The Hall–Kier alpha value is -0.300. The van der Waals surface area contributed by atoms with E-state index in [4.69, 9.17) is 9.47 Å². The van der Waals surface area contributed by atoms with Gasteiger partial charge in [-0.3, -0.25) is 0 Å². The molecule has 0 saturated carbocycles. The van der Waals surface area contributed by atoms with E-state index in [9.17, 15) is 9.90 Å². The highest BCUT2D eigenvalue weighted by molar-refractivity contribution is 8.00. The summed E-state index contributed by atoms with van der Waals surface area (Å²) in [6.45, 7) is 4.76. The van der Waals surface area contributed by atoms with Crippen molar-refractivity contribution in [3.8, 4) is 0 Å². The number of rotatable bonds is 8. The lowest BCUT2D eigenvalue weighted by molar-refractivity contribution is -0.145. The lowest BCUT2D eigenvalue weighted by Crippen LogP contribution is -2.25. The van der Waals surface area contributed by atoms with Crippen LogP contribution < -0.4 is 0 Å². The van der Waals surface area contributed by atoms with Crippen LogP contribution in [0.4, 0.5) is 0 Å². The lowest BCUT2D eigenvalue weighted by Gasteiger charge is -2.17. The van der Waals surface area contributed by atoms with Gasteiger partial charge in [-0.1, -0.05) is 0 Å². The van der Waals surface area contributed by atoms with Crippen LogP contribution in [-0.2, 0) is 19.0 Å². The lowest BCUT2D eigenvalue weighted by atomic mass is 10.7. The van der Waals surface area contributed by atoms with Crippen LogP contribution in [0.25, 0.3) is 0 Å². The summed E-state index contributed by atoms with van der Waals surface area (Å²) in [6, 6.07) is 0. The van der Waals surface area contributed by atoms with Crippen LogP contribution in [0.5, 0.6) is 0 Å². The van der Waals surface area contributed by atoms with Gasteiger partial charge >= 0.3 is 5.97 Å². The fourth-order valence-electron chi connectivity index (χ4n) is 0.855. The van der Waals surface area contributed by atoms with Gasteiger partial charge in [-0.15, -0.1) is 11.8 Å². The molecule has 1 atom stereocenters. The van der Waals surface area contributed by atoms with Crippen molar-refractivity contribution >= 4 is 17.7 Å². The Morgan fingerprint density at radius 3 is 2.27 bits per heavy atom. The van der Waals surface area contributed by atoms with Crippen molar-refractivity contribution in [2.75, 3.05) is 26.1 Å². The predicted molar refractivity (Wildman–Crippen MR) is 57.5 cm³/mol. The zero-order chi connectivity index (χ0) is 11.7. The van der Waals surface area contributed by atoms with E-state index in [1.54, 1.807) is 0 Å². The highest BCUT2D eigenvalue weighted by atomic mass is 32.2. The molecule has 0 rings (SSSR count). The Balaban J connectivity index is 3.81. The van der Waals surface area contributed by atoms with E-state index in [0.717, 1.165) is 11.8 Å². The molecule has 0 saturated heterocycles. The average Bonchev–Trinajstić information content (AvgIpc) is 2.25. The number of ether oxygens (including phenoxy) is 3. The summed E-state index contributed by atoms with van der Waals surface area (Å²) in [6.07, 6.45) is -0.399. The van der Waals surface area contributed by atoms with Gasteiger partial charge in [0.15, 0.2) is 11.7 Å². The normalized spacial score (nSPS) is 12.9. The van der Waals surface area contributed by atoms with Crippen molar-refractivity contribution in [2.45, 2.75) is 25.6 Å². The molecule has 5 nitrogen and oxygen atoms in total. The molecule has 0 aliphatic carbocycles. The average molecular weight is 238 g/mol. The zero-order valence-electron chi connectivity index (χ0n) is 9.26. The van der Waals surface area contributed by atoms with Gasteiger partial charge in [0.25, 0.3) is 0 Å². The first-order valence-corrected chi connectivity index (χ1v) is 5.81. The number of thioether (sulfide) groups is 1. The van der Waals surface area contributed by atoms with Gasteiger partial charge < -0.3 is 19.3 Å². The molecule has 6 heteroatoms. The molecule has 0 bridgehead atoms. The van der Waals surface area contributed by atoms with Crippen molar-refractivity contribution in [3.05, 3.63) is 0 Å². The molecule has 0 amide bonds. The Labute approximate surface area is 94.1 Å². The minimum Gasteiger partial charge on any atom is -0.466 e. The quantitative estimate of drug-likeness (QED) is 0.494. The maximum absolute atomic E-state index is 10.9. The van der Waals surface area contributed by atoms with E-state index in [1.165, 1.54) is 7.11 Å². The maximum Gasteiger partial charge on any atom is 0.345 e. The molecule has 0 aliphatic rings. The van der Waals surface area contributed by atoms with Crippen molar-refractivity contribution in [2.24, 2.45) is 0 Å². The zero-order valence-corrected chi connectivity index (χ0v) is 10.1. The van der Waals surface area contributed by atoms with E-state index in [1.807, 2.05) is 13.8 Å². The van der Waals surface area contributed by atoms with E-state index in [2.05, 4.69) is 4.74 Å². The second-order valence-electron chi connectivity index (χ2n) is 2.55. The molecule has 0 aromatic carbocycles. The molecular formula is C9H18O5S. The molecule has 90 valence electrons. The van der Waals surface area contributed by atoms with Crippen LogP contribution in [-0.4, -0.2) is 48.9 Å². The van der Waals surface area contributed by atoms with Crippen LogP contribution in [0, 0.1) is 0 Å². The largest absolute Gasteiger partial charge is 0.466 e. The Kier molecular flexibility index (Phi) is 8.79. The van der Waals surface area contributed by atoms with E-state index in [0.29, 0.717) is 19.0 Å². The summed E-state index contributed by atoms with van der Waals surface area (Å²) in [5.41, 5.74) is -1.18. The SMILES string of the molecule is CCOC(CS[C@H](O)C(=O)OC)OCC. The second kappa shape index (κ2) is 8.96. The fraction of sp³-hybridized carbons (Fsp3) is 0.889. The number of carbonyl (C=O) groups excluding carboxylic acids is 1. The monoisotopic (exact) mass is 238 g/mol. The summed E-state index contributed by atoms with van der Waals surface area (Å²) in [4.78, 5) is 10.9. The molecule has 0 heterocycles. The Morgan fingerprint density at radius 2 is 1.87 bits per heavy atom. The van der Waals surface area contributed by atoms with Gasteiger partial charge in [0, 0.05) is 19.0 Å². The number of carbonyl (C=O) groups is 1. The van der Waals surface area contributed by atoms with Crippen molar-refractivity contribution in [1.82, 2.24) is 0 Å². The van der Waals surface area contributed by atoms with Gasteiger partial charge in [-0.05, 0) is 13.8 Å². The minimum absolute atomic E-state index is 0.387. The van der Waals surface area contributed by atoms with Gasteiger partial charge in [-0.2, -0.15) is 0 Å². The number of hydrogen-bond acceptors (Lipinski definition) is 6. The summed E-state index contributed by atoms with van der Waals surface area (Å²) >= 11 is 1.03. The Morgan fingerprint density at radius 1 is 1.33 bits per heavy atom. The van der Waals surface area contributed by atoms with Crippen LogP contribution in [0.2, 0.25) is 0 Å². The summed E-state index contributed by atoms with van der Waals surface area (Å²) < 4.78 is 14.9. The third kappa shape index (κ3) is 6.72. The number of aliphatic hydroxyl groups is 1. The summed E-state index contributed by atoms with van der Waals surface area (Å²) in [7, 11) is 1.23. The highest BCUT2D eigenvalue weighted by Gasteiger charge is 2.18. The van der Waals surface area contributed by atoms with Crippen molar-refractivity contribution in [3.63, 3.8) is 0 Å². The smallest absolute Gasteiger partial charge is 0.345 e. The van der Waals surface area contributed by atoms with E-state index < -0.39 is 17.7 Å².